The molecule has 0 bridgehead atoms. The van der Waals surface area contributed by atoms with Crippen molar-refractivity contribution in [3.05, 3.63) is 64.7 Å². The molecular formula is C15H11ClF4O. The molecule has 1 nitrogen and oxygen atoms in total. The smallest absolute Gasteiger partial charge is 0.159 e. The maximum atomic E-state index is 13.9. The monoisotopic (exact) mass is 318 g/mol. The summed E-state index contributed by atoms with van der Waals surface area (Å²) in [4.78, 5) is 0. The molecule has 0 N–H and O–H groups in total. The highest BCUT2D eigenvalue weighted by Gasteiger charge is 2.20. The van der Waals surface area contributed by atoms with Crippen LogP contribution in [-0.4, -0.2) is 7.11 Å². The van der Waals surface area contributed by atoms with Crippen molar-refractivity contribution in [3.63, 3.8) is 0 Å². The van der Waals surface area contributed by atoms with Gasteiger partial charge in [-0.15, -0.1) is 11.6 Å². The van der Waals surface area contributed by atoms with E-state index in [4.69, 9.17) is 16.3 Å². The summed E-state index contributed by atoms with van der Waals surface area (Å²) in [6.45, 7) is 0. The van der Waals surface area contributed by atoms with E-state index in [1.807, 2.05) is 0 Å². The second-order valence-corrected chi connectivity index (χ2v) is 4.95. The molecule has 0 radical (unpaired) electrons. The lowest BCUT2D eigenvalue weighted by atomic mass is 10.0. The third-order valence-electron chi connectivity index (χ3n) is 3.00. The minimum Gasteiger partial charge on any atom is -0.497 e. The zero-order valence-electron chi connectivity index (χ0n) is 11.0. The van der Waals surface area contributed by atoms with Crippen LogP contribution in [0.3, 0.4) is 0 Å². The number of ether oxygens (including phenoxy) is 1. The van der Waals surface area contributed by atoms with E-state index < -0.39 is 28.6 Å². The van der Waals surface area contributed by atoms with Gasteiger partial charge in [-0.2, -0.15) is 0 Å². The Hall–Kier alpha value is -1.75. The van der Waals surface area contributed by atoms with Crippen LogP contribution < -0.4 is 4.74 Å². The summed E-state index contributed by atoms with van der Waals surface area (Å²) in [5.41, 5.74) is 0.00529. The maximum Gasteiger partial charge on any atom is 0.159 e. The first kappa shape index (κ1) is 15.6. The van der Waals surface area contributed by atoms with E-state index in [1.165, 1.54) is 13.2 Å². The Morgan fingerprint density at radius 2 is 1.57 bits per heavy atom. The van der Waals surface area contributed by atoms with Gasteiger partial charge in [0.05, 0.1) is 12.5 Å². The number of rotatable bonds is 4. The van der Waals surface area contributed by atoms with E-state index in [9.17, 15) is 17.6 Å². The summed E-state index contributed by atoms with van der Waals surface area (Å²) in [5, 5.41) is -1.05. The highest BCUT2D eigenvalue weighted by atomic mass is 35.5. The molecule has 0 aliphatic heterocycles. The van der Waals surface area contributed by atoms with Crippen molar-refractivity contribution >= 4 is 11.6 Å². The zero-order chi connectivity index (χ0) is 15.6. The van der Waals surface area contributed by atoms with Gasteiger partial charge in [-0.25, -0.2) is 17.6 Å². The van der Waals surface area contributed by atoms with Gasteiger partial charge in [0.25, 0.3) is 0 Å². The molecule has 0 spiro atoms. The molecule has 0 aliphatic carbocycles. The molecule has 2 aromatic rings. The first-order chi connectivity index (χ1) is 9.92. The number of hydrogen-bond donors (Lipinski definition) is 0. The summed E-state index contributed by atoms with van der Waals surface area (Å²) in [6, 6.07) is 5.23. The molecule has 1 atom stereocenters. The third kappa shape index (κ3) is 3.47. The van der Waals surface area contributed by atoms with Crippen molar-refractivity contribution < 1.29 is 22.3 Å². The van der Waals surface area contributed by atoms with Crippen LogP contribution in [0.4, 0.5) is 17.6 Å². The van der Waals surface area contributed by atoms with Gasteiger partial charge in [0.1, 0.15) is 17.4 Å². The predicted octanol–water partition coefficient (Wildman–Crippen LogP) is 4.77. The van der Waals surface area contributed by atoms with Gasteiger partial charge >= 0.3 is 0 Å². The van der Waals surface area contributed by atoms with Crippen LogP contribution in [-0.2, 0) is 6.42 Å². The van der Waals surface area contributed by atoms with Crippen molar-refractivity contribution in [2.75, 3.05) is 7.11 Å². The Morgan fingerprint density at radius 1 is 0.952 bits per heavy atom. The van der Waals surface area contributed by atoms with Gasteiger partial charge in [0, 0.05) is 17.7 Å². The Balaban J connectivity index is 2.27. The lowest BCUT2D eigenvalue weighted by Gasteiger charge is -2.13. The number of halogens is 5. The summed E-state index contributed by atoms with van der Waals surface area (Å²) in [7, 11) is 1.29. The summed E-state index contributed by atoms with van der Waals surface area (Å²) < 4.78 is 58.4. The molecule has 2 rings (SSSR count). The van der Waals surface area contributed by atoms with Crippen molar-refractivity contribution in [2.24, 2.45) is 0 Å². The highest BCUT2D eigenvalue weighted by Crippen LogP contribution is 2.32. The van der Waals surface area contributed by atoms with E-state index in [0.29, 0.717) is 5.56 Å². The van der Waals surface area contributed by atoms with E-state index in [0.717, 1.165) is 24.3 Å². The molecular weight excluding hydrogens is 308 g/mol. The molecule has 0 aromatic heterocycles. The lowest BCUT2D eigenvalue weighted by molar-refractivity contribution is 0.405. The average molecular weight is 319 g/mol. The molecule has 112 valence electrons. The molecule has 0 aliphatic rings. The van der Waals surface area contributed by atoms with Gasteiger partial charge in [-0.3, -0.25) is 0 Å². The topological polar surface area (TPSA) is 9.23 Å². The Labute approximate surface area is 124 Å². The van der Waals surface area contributed by atoms with Gasteiger partial charge in [-0.1, -0.05) is 6.07 Å². The third-order valence-corrected chi connectivity index (χ3v) is 3.37. The molecule has 0 amide bonds. The van der Waals surface area contributed by atoms with Crippen LogP contribution in [0.2, 0.25) is 0 Å². The molecule has 6 heteroatoms. The lowest BCUT2D eigenvalue weighted by Crippen LogP contribution is -2.04. The minimum absolute atomic E-state index is 0.0328. The van der Waals surface area contributed by atoms with Gasteiger partial charge in [0.15, 0.2) is 11.6 Å². The SMILES string of the molecule is COc1cc(F)c(C(Cl)Cc2ccc(F)c(F)c2)c(F)c1. The standard InChI is InChI=1S/C15H11ClF4O/c1-21-9-6-13(19)15(14(20)7-9)10(16)4-8-2-3-11(17)12(18)5-8/h2-3,5-7,10H,4H2,1H3. The van der Waals surface area contributed by atoms with Crippen molar-refractivity contribution in [3.8, 4) is 5.75 Å². The Morgan fingerprint density at radius 3 is 2.10 bits per heavy atom. The first-order valence-corrected chi connectivity index (χ1v) is 6.47. The van der Waals surface area contributed by atoms with Crippen LogP contribution >= 0.6 is 11.6 Å². The molecule has 0 fully saturated rings. The van der Waals surface area contributed by atoms with E-state index in [1.54, 1.807) is 0 Å². The zero-order valence-corrected chi connectivity index (χ0v) is 11.7. The van der Waals surface area contributed by atoms with Crippen LogP contribution in [0.5, 0.6) is 5.75 Å². The molecule has 2 aromatic carbocycles. The average Bonchev–Trinajstić information content (AvgIpc) is 2.42. The number of hydrogen-bond acceptors (Lipinski definition) is 1. The minimum atomic E-state index is -1.05. The summed E-state index contributed by atoms with van der Waals surface area (Å²) >= 11 is 6.00. The van der Waals surface area contributed by atoms with Crippen LogP contribution in [0.1, 0.15) is 16.5 Å². The van der Waals surface area contributed by atoms with Gasteiger partial charge in [-0.05, 0) is 24.1 Å². The normalized spacial score (nSPS) is 12.3. The molecule has 1 unspecified atom stereocenters. The Bertz CT molecular complexity index is 637. The second-order valence-electron chi connectivity index (χ2n) is 4.42. The molecule has 0 heterocycles. The Kier molecular flexibility index (Phi) is 4.73. The first-order valence-electron chi connectivity index (χ1n) is 6.03. The highest BCUT2D eigenvalue weighted by molar-refractivity contribution is 6.21. The van der Waals surface area contributed by atoms with Gasteiger partial charge < -0.3 is 4.74 Å². The van der Waals surface area contributed by atoms with Crippen molar-refractivity contribution in [1.29, 1.82) is 0 Å². The summed E-state index contributed by atoms with van der Waals surface area (Å²) in [5.74, 6) is -3.70. The summed E-state index contributed by atoms with van der Waals surface area (Å²) in [6.07, 6.45) is -0.0427. The quantitative estimate of drug-likeness (QED) is 0.582. The fourth-order valence-corrected chi connectivity index (χ4v) is 2.34. The molecule has 0 saturated heterocycles. The van der Waals surface area contributed by atoms with E-state index in [2.05, 4.69) is 0 Å². The van der Waals surface area contributed by atoms with E-state index >= 15 is 0 Å². The van der Waals surface area contributed by atoms with Gasteiger partial charge in [0.2, 0.25) is 0 Å². The van der Waals surface area contributed by atoms with Crippen LogP contribution in [0.25, 0.3) is 0 Å². The van der Waals surface area contributed by atoms with Crippen molar-refractivity contribution in [2.45, 2.75) is 11.8 Å². The largest absolute Gasteiger partial charge is 0.497 e. The molecule has 0 saturated carbocycles. The predicted molar refractivity (Wildman–Crippen MR) is 71.6 cm³/mol. The van der Waals surface area contributed by atoms with E-state index in [-0.39, 0.29) is 17.7 Å². The van der Waals surface area contributed by atoms with Crippen molar-refractivity contribution in [1.82, 2.24) is 0 Å². The maximum absolute atomic E-state index is 13.9. The second kappa shape index (κ2) is 6.35. The van der Waals surface area contributed by atoms with Crippen LogP contribution in [0.15, 0.2) is 30.3 Å². The number of methoxy groups -OCH3 is 1. The van der Waals surface area contributed by atoms with Crippen LogP contribution in [0, 0.1) is 23.3 Å². The fourth-order valence-electron chi connectivity index (χ4n) is 1.95. The molecule has 21 heavy (non-hydrogen) atoms. The number of alkyl halides is 1. The fraction of sp³-hybridized carbons (Fsp3) is 0.200. The number of benzene rings is 2.